The van der Waals surface area contributed by atoms with Crippen molar-refractivity contribution < 1.29 is 18.7 Å². The zero-order valence-corrected chi connectivity index (χ0v) is 15.8. The maximum atomic E-state index is 12.6. The van der Waals surface area contributed by atoms with Gasteiger partial charge in [0.15, 0.2) is 17.1 Å². The van der Waals surface area contributed by atoms with Crippen molar-refractivity contribution >= 4 is 17.0 Å². The van der Waals surface area contributed by atoms with Crippen LogP contribution in [0.3, 0.4) is 0 Å². The van der Waals surface area contributed by atoms with Crippen molar-refractivity contribution in [2.75, 3.05) is 6.79 Å². The normalized spacial score (nSPS) is 13.8. The van der Waals surface area contributed by atoms with Gasteiger partial charge in [-0.05, 0) is 35.7 Å². The third kappa shape index (κ3) is 3.60. The molecule has 0 bridgehead atoms. The summed E-state index contributed by atoms with van der Waals surface area (Å²) >= 11 is 0. The van der Waals surface area contributed by atoms with Gasteiger partial charge in [0.05, 0.1) is 11.9 Å². The topological polar surface area (TPSA) is 82.7 Å². The molecule has 7 heteroatoms. The van der Waals surface area contributed by atoms with Gasteiger partial charge in [-0.25, -0.2) is 4.79 Å². The van der Waals surface area contributed by atoms with E-state index in [0.29, 0.717) is 23.6 Å². The molecule has 0 radical (unpaired) electrons. The van der Waals surface area contributed by atoms with E-state index in [1.165, 1.54) is 0 Å². The van der Waals surface area contributed by atoms with E-state index in [1.54, 1.807) is 10.6 Å². The van der Waals surface area contributed by atoms with Crippen LogP contribution >= 0.6 is 0 Å². The molecule has 0 spiro atoms. The standard InChI is InChI=1S/C21H22N2O5/c1-13(2)15(11-23-16-5-3-4-6-17(16)28-21(23)25)22-20(24)10-14-7-8-18-19(9-14)27-12-26-18/h3-9,13,15H,10-12H2,1-2H3,(H,22,24)/t15-/m1/s1. The van der Waals surface area contributed by atoms with Gasteiger partial charge in [0.1, 0.15) is 0 Å². The van der Waals surface area contributed by atoms with E-state index in [-0.39, 0.29) is 31.1 Å². The maximum Gasteiger partial charge on any atom is 0.420 e. The summed E-state index contributed by atoms with van der Waals surface area (Å²) in [7, 11) is 0. The second-order valence-corrected chi connectivity index (χ2v) is 7.23. The van der Waals surface area contributed by atoms with E-state index >= 15 is 0 Å². The first-order valence-corrected chi connectivity index (χ1v) is 9.27. The highest BCUT2D eigenvalue weighted by molar-refractivity contribution is 5.79. The van der Waals surface area contributed by atoms with Crippen LogP contribution in [0.2, 0.25) is 0 Å². The van der Waals surface area contributed by atoms with Gasteiger partial charge in [-0.1, -0.05) is 32.0 Å². The average molecular weight is 382 g/mol. The third-order valence-electron chi connectivity index (χ3n) is 4.91. The molecule has 7 nitrogen and oxygen atoms in total. The number of nitrogens with one attached hydrogen (secondary N) is 1. The number of hydrogen-bond acceptors (Lipinski definition) is 5. The highest BCUT2D eigenvalue weighted by Crippen LogP contribution is 2.32. The summed E-state index contributed by atoms with van der Waals surface area (Å²) in [5.74, 6) is 0.953. The van der Waals surface area contributed by atoms with Crippen LogP contribution in [-0.2, 0) is 17.8 Å². The number of carbonyl (C=O) groups is 1. The summed E-state index contributed by atoms with van der Waals surface area (Å²) in [6.07, 6.45) is 0.223. The molecule has 0 aliphatic carbocycles. The lowest BCUT2D eigenvalue weighted by Crippen LogP contribution is -2.43. The Hall–Kier alpha value is -3.22. The SMILES string of the molecule is CC(C)[C@@H](Cn1c(=O)oc2ccccc21)NC(=O)Cc1ccc2c(c1)OCO2. The van der Waals surface area contributed by atoms with E-state index in [1.807, 2.05) is 50.2 Å². The summed E-state index contributed by atoms with van der Waals surface area (Å²) in [5, 5.41) is 3.05. The van der Waals surface area contributed by atoms with Crippen LogP contribution in [0.25, 0.3) is 11.1 Å². The fourth-order valence-corrected chi connectivity index (χ4v) is 3.30. The smallest absolute Gasteiger partial charge is 0.420 e. The van der Waals surface area contributed by atoms with Crippen molar-refractivity contribution in [2.45, 2.75) is 32.9 Å². The van der Waals surface area contributed by atoms with E-state index in [9.17, 15) is 9.59 Å². The molecule has 1 aliphatic heterocycles. The number of aromatic nitrogens is 1. The Balaban J connectivity index is 1.48. The number of rotatable bonds is 6. The van der Waals surface area contributed by atoms with Crippen molar-refractivity contribution in [3.05, 3.63) is 58.6 Å². The van der Waals surface area contributed by atoms with E-state index in [0.717, 1.165) is 11.1 Å². The summed E-state index contributed by atoms with van der Waals surface area (Å²) < 4.78 is 17.5. The van der Waals surface area contributed by atoms with Gasteiger partial charge in [-0.3, -0.25) is 9.36 Å². The Morgan fingerprint density at radius 2 is 1.93 bits per heavy atom. The summed E-state index contributed by atoms with van der Waals surface area (Å²) in [5.41, 5.74) is 2.11. The van der Waals surface area contributed by atoms with Crippen molar-refractivity contribution in [3.63, 3.8) is 0 Å². The Kier molecular flexibility index (Phi) is 4.81. The number of oxazole rings is 1. The number of benzene rings is 2. The zero-order valence-electron chi connectivity index (χ0n) is 15.8. The summed E-state index contributed by atoms with van der Waals surface area (Å²) in [6, 6.07) is 12.6. The molecule has 1 aromatic heterocycles. The molecule has 4 rings (SSSR count). The molecule has 1 atom stereocenters. The Bertz CT molecular complexity index is 1070. The molecule has 3 aromatic rings. The fourth-order valence-electron chi connectivity index (χ4n) is 3.30. The predicted molar refractivity (Wildman–Crippen MR) is 104 cm³/mol. The van der Waals surface area contributed by atoms with Gasteiger partial charge in [0, 0.05) is 12.6 Å². The predicted octanol–water partition coefficient (Wildman–Crippen LogP) is 2.71. The molecule has 1 aliphatic rings. The number of ether oxygens (including phenoxy) is 2. The maximum absolute atomic E-state index is 12.6. The second kappa shape index (κ2) is 7.42. The van der Waals surface area contributed by atoms with Crippen LogP contribution in [0.15, 0.2) is 51.7 Å². The molecule has 1 amide bonds. The minimum Gasteiger partial charge on any atom is -0.454 e. The highest BCUT2D eigenvalue weighted by Gasteiger charge is 2.21. The molecule has 0 unspecified atom stereocenters. The number of amides is 1. The minimum atomic E-state index is -0.420. The number of fused-ring (bicyclic) bond motifs is 2. The monoisotopic (exact) mass is 382 g/mol. The minimum absolute atomic E-state index is 0.113. The molecule has 28 heavy (non-hydrogen) atoms. The number of para-hydroxylation sites is 2. The molecule has 2 heterocycles. The first kappa shape index (κ1) is 18.2. The lowest BCUT2D eigenvalue weighted by atomic mass is 10.0. The van der Waals surface area contributed by atoms with Crippen LogP contribution in [0.1, 0.15) is 19.4 Å². The Morgan fingerprint density at radius 1 is 1.14 bits per heavy atom. The quantitative estimate of drug-likeness (QED) is 0.709. The van der Waals surface area contributed by atoms with Gasteiger partial charge >= 0.3 is 5.76 Å². The van der Waals surface area contributed by atoms with Crippen molar-refractivity contribution in [1.82, 2.24) is 9.88 Å². The van der Waals surface area contributed by atoms with E-state index in [2.05, 4.69) is 5.32 Å². The van der Waals surface area contributed by atoms with Crippen molar-refractivity contribution in [3.8, 4) is 11.5 Å². The molecule has 0 saturated heterocycles. The molecule has 0 fully saturated rings. The van der Waals surface area contributed by atoms with Crippen LogP contribution in [-0.4, -0.2) is 23.3 Å². The van der Waals surface area contributed by atoms with Crippen LogP contribution in [0.5, 0.6) is 11.5 Å². The first-order valence-electron chi connectivity index (χ1n) is 9.27. The van der Waals surface area contributed by atoms with Gasteiger partial charge in [0.2, 0.25) is 12.7 Å². The Morgan fingerprint density at radius 3 is 2.75 bits per heavy atom. The van der Waals surface area contributed by atoms with Gasteiger partial charge in [-0.15, -0.1) is 0 Å². The van der Waals surface area contributed by atoms with Crippen molar-refractivity contribution in [2.24, 2.45) is 5.92 Å². The zero-order chi connectivity index (χ0) is 19.7. The number of nitrogens with zero attached hydrogens (tertiary/aromatic N) is 1. The van der Waals surface area contributed by atoms with Gasteiger partial charge in [-0.2, -0.15) is 0 Å². The average Bonchev–Trinajstić information content (AvgIpc) is 3.25. The molecule has 1 N–H and O–H groups in total. The number of hydrogen-bond donors (Lipinski definition) is 1. The first-order chi connectivity index (χ1) is 13.5. The summed E-state index contributed by atoms with van der Waals surface area (Å²) in [4.78, 5) is 24.9. The third-order valence-corrected chi connectivity index (χ3v) is 4.91. The number of carbonyl (C=O) groups excluding carboxylic acids is 1. The fraction of sp³-hybridized carbons (Fsp3) is 0.333. The molecule has 0 saturated carbocycles. The van der Waals surface area contributed by atoms with Gasteiger partial charge in [0.25, 0.3) is 0 Å². The van der Waals surface area contributed by atoms with Crippen LogP contribution < -0.4 is 20.5 Å². The summed E-state index contributed by atoms with van der Waals surface area (Å²) in [6.45, 7) is 4.58. The van der Waals surface area contributed by atoms with E-state index < -0.39 is 5.76 Å². The van der Waals surface area contributed by atoms with Crippen molar-refractivity contribution in [1.29, 1.82) is 0 Å². The molecular formula is C21H22N2O5. The van der Waals surface area contributed by atoms with Crippen LogP contribution in [0.4, 0.5) is 0 Å². The van der Waals surface area contributed by atoms with E-state index in [4.69, 9.17) is 13.9 Å². The Labute approximate surface area is 161 Å². The lowest BCUT2D eigenvalue weighted by molar-refractivity contribution is -0.121. The molecule has 2 aromatic carbocycles. The lowest BCUT2D eigenvalue weighted by Gasteiger charge is -2.22. The highest BCUT2D eigenvalue weighted by atomic mass is 16.7. The second-order valence-electron chi connectivity index (χ2n) is 7.23. The molecular weight excluding hydrogens is 360 g/mol. The van der Waals surface area contributed by atoms with Crippen LogP contribution in [0, 0.1) is 5.92 Å². The molecule has 146 valence electrons. The van der Waals surface area contributed by atoms with Gasteiger partial charge < -0.3 is 19.2 Å². The largest absolute Gasteiger partial charge is 0.454 e.